The van der Waals surface area contributed by atoms with E-state index >= 15 is 0 Å². The monoisotopic (exact) mass is 143 g/mol. The zero-order chi connectivity index (χ0) is 7.03. The molecule has 0 aromatic carbocycles. The van der Waals surface area contributed by atoms with Gasteiger partial charge < -0.3 is 15.2 Å². The second-order valence-corrected chi connectivity index (χ2v) is 3.18. The van der Waals surface area contributed by atoms with Crippen LogP contribution in [0.25, 0.3) is 0 Å². The molecule has 0 radical (unpaired) electrons. The van der Waals surface area contributed by atoms with Gasteiger partial charge in [-0.05, 0) is 25.9 Å². The van der Waals surface area contributed by atoms with E-state index in [9.17, 15) is 5.11 Å². The average molecular weight is 143 g/mol. The lowest BCUT2D eigenvalue weighted by Gasteiger charge is -2.30. The summed E-state index contributed by atoms with van der Waals surface area (Å²) >= 11 is 0. The highest BCUT2D eigenvalue weighted by atomic mass is 16.6. The minimum absolute atomic E-state index is 0.148. The van der Waals surface area contributed by atoms with Crippen LogP contribution >= 0.6 is 0 Å². The summed E-state index contributed by atoms with van der Waals surface area (Å²) in [6.07, 6.45) is 1.84. The van der Waals surface area contributed by atoms with E-state index in [0.717, 1.165) is 32.5 Å². The van der Waals surface area contributed by atoms with Gasteiger partial charge in [0.25, 0.3) is 0 Å². The van der Waals surface area contributed by atoms with E-state index in [-0.39, 0.29) is 6.10 Å². The van der Waals surface area contributed by atoms with Crippen molar-refractivity contribution in [1.29, 1.82) is 0 Å². The fourth-order valence-electron chi connectivity index (χ4n) is 1.54. The maximum atomic E-state index is 9.85. The molecule has 10 heavy (non-hydrogen) atoms. The predicted octanol–water partition coefficient (Wildman–Crippen LogP) is -0.500. The van der Waals surface area contributed by atoms with Crippen LogP contribution in [-0.4, -0.2) is 36.5 Å². The molecule has 2 rings (SSSR count). The van der Waals surface area contributed by atoms with Gasteiger partial charge in [0.2, 0.25) is 0 Å². The first kappa shape index (κ1) is 6.58. The van der Waals surface area contributed by atoms with Gasteiger partial charge in [-0.3, -0.25) is 0 Å². The van der Waals surface area contributed by atoms with E-state index in [2.05, 4.69) is 5.32 Å². The quantitative estimate of drug-likeness (QED) is 0.486. The summed E-state index contributed by atoms with van der Waals surface area (Å²) in [6.45, 7) is 2.61. The fraction of sp³-hybridized carbons (Fsp3) is 1.00. The molecule has 0 aromatic heterocycles. The molecule has 58 valence electrons. The highest BCUT2D eigenvalue weighted by molar-refractivity contribution is 4.96. The third kappa shape index (κ3) is 1.05. The van der Waals surface area contributed by atoms with E-state index in [1.165, 1.54) is 0 Å². The Morgan fingerprint density at radius 2 is 2.00 bits per heavy atom. The highest BCUT2D eigenvalue weighted by Gasteiger charge is 2.45. The molecule has 0 amide bonds. The van der Waals surface area contributed by atoms with Crippen LogP contribution in [0.3, 0.4) is 0 Å². The predicted molar refractivity (Wildman–Crippen MR) is 36.8 cm³/mol. The van der Waals surface area contributed by atoms with Crippen molar-refractivity contribution in [3.63, 3.8) is 0 Å². The first-order valence-corrected chi connectivity index (χ1v) is 3.86. The molecule has 0 bridgehead atoms. The number of nitrogens with one attached hydrogen (secondary N) is 1. The molecule has 2 heterocycles. The lowest BCUT2D eigenvalue weighted by atomic mass is 9.89. The summed E-state index contributed by atoms with van der Waals surface area (Å²) in [5.41, 5.74) is -0.495. The standard InChI is InChI=1S/C7H13NO2/c9-7(6-5-10-6)1-3-8-4-2-7/h6,8-9H,1-5H2/t6-/m0/s1. The molecular weight excluding hydrogens is 130 g/mol. The molecule has 0 saturated carbocycles. The van der Waals surface area contributed by atoms with Crippen molar-refractivity contribution in [3.05, 3.63) is 0 Å². The SMILES string of the molecule is OC1([C@@H]2CO2)CCNCC1. The Balaban J connectivity index is 1.97. The van der Waals surface area contributed by atoms with Crippen LogP contribution in [0.5, 0.6) is 0 Å². The van der Waals surface area contributed by atoms with Crippen molar-refractivity contribution in [2.45, 2.75) is 24.5 Å². The topological polar surface area (TPSA) is 44.8 Å². The summed E-state index contributed by atoms with van der Waals surface area (Å²) in [7, 11) is 0. The number of piperidine rings is 1. The maximum absolute atomic E-state index is 9.85. The first-order valence-electron chi connectivity index (χ1n) is 3.86. The fourth-order valence-corrected chi connectivity index (χ4v) is 1.54. The van der Waals surface area contributed by atoms with Gasteiger partial charge in [0.1, 0.15) is 6.10 Å². The molecule has 0 spiro atoms. The van der Waals surface area contributed by atoms with Gasteiger partial charge in [-0.25, -0.2) is 0 Å². The van der Waals surface area contributed by atoms with Gasteiger partial charge in [-0.15, -0.1) is 0 Å². The summed E-state index contributed by atoms with van der Waals surface area (Å²) in [5, 5.41) is 13.1. The second kappa shape index (κ2) is 2.19. The Labute approximate surface area is 60.4 Å². The van der Waals surface area contributed by atoms with Crippen LogP contribution in [0.15, 0.2) is 0 Å². The highest BCUT2D eigenvalue weighted by Crippen LogP contribution is 2.31. The van der Waals surface area contributed by atoms with Crippen LogP contribution < -0.4 is 5.32 Å². The van der Waals surface area contributed by atoms with Gasteiger partial charge in [-0.1, -0.05) is 0 Å². The third-order valence-electron chi connectivity index (χ3n) is 2.40. The van der Waals surface area contributed by atoms with Gasteiger partial charge in [0.15, 0.2) is 0 Å². The molecule has 2 aliphatic heterocycles. The van der Waals surface area contributed by atoms with Gasteiger partial charge in [-0.2, -0.15) is 0 Å². The normalized spacial score (nSPS) is 37.5. The minimum Gasteiger partial charge on any atom is -0.387 e. The van der Waals surface area contributed by atoms with Crippen molar-refractivity contribution >= 4 is 0 Å². The summed E-state index contributed by atoms with van der Waals surface area (Å²) in [4.78, 5) is 0. The van der Waals surface area contributed by atoms with Gasteiger partial charge in [0.05, 0.1) is 12.2 Å². The number of hydrogen-bond donors (Lipinski definition) is 2. The molecule has 2 N–H and O–H groups in total. The van der Waals surface area contributed by atoms with Crippen LogP contribution in [0.1, 0.15) is 12.8 Å². The zero-order valence-electron chi connectivity index (χ0n) is 5.97. The van der Waals surface area contributed by atoms with Gasteiger partial charge >= 0.3 is 0 Å². The minimum atomic E-state index is -0.495. The molecule has 0 aliphatic carbocycles. The molecule has 0 aromatic rings. The molecule has 2 aliphatic rings. The molecular formula is C7H13NO2. The smallest absolute Gasteiger partial charge is 0.110 e. The molecule has 1 atom stereocenters. The van der Waals surface area contributed by atoms with E-state index < -0.39 is 5.60 Å². The van der Waals surface area contributed by atoms with Gasteiger partial charge in [0, 0.05) is 0 Å². The first-order chi connectivity index (χ1) is 4.81. The lowest BCUT2D eigenvalue weighted by molar-refractivity contribution is -0.0146. The van der Waals surface area contributed by atoms with Crippen LogP contribution in [-0.2, 0) is 4.74 Å². The summed E-state index contributed by atoms with van der Waals surface area (Å²) in [6, 6.07) is 0. The molecule has 2 saturated heterocycles. The van der Waals surface area contributed by atoms with E-state index in [4.69, 9.17) is 4.74 Å². The van der Waals surface area contributed by atoms with E-state index in [1.807, 2.05) is 0 Å². The van der Waals surface area contributed by atoms with Crippen molar-refractivity contribution in [3.8, 4) is 0 Å². The Morgan fingerprint density at radius 1 is 1.40 bits per heavy atom. The number of hydrogen-bond acceptors (Lipinski definition) is 3. The Morgan fingerprint density at radius 3 is 2.50 bits per heavy atom. The number of rotatable bonds is 1. The number of ether oxygens (including phenoxy) is 1. The van der Waals surface area contributed by atoms with Crippen LogP contribution in [0, 0.1) is 0 Å². The molecule has 3 heteroatoms. The van der Waals surface area contributed by atoms with Crippen LogP contribution in [0.4, 0.5) is 0 Å². The zero-order valence-corrected chi connectivity index (χ0v) is 5.97. The average Bonchev–Trinajstić information content (AvgIpc) is 2.69. The maximum Gasteiger partial charge on any atom is 0.110 e. The van der Waals surface area contributed by atoms with E-state index in [1.54, 1.807) is 0 Å². The van der Waals surface area contributed by atoms with Crippen LogP contribution in [0.2, 0.25) is 0 Å². The number of aliphatic hydroxyl groups is 1. The largest absolute Gasteiger partial charge is 0.387 e. The summed E-state index contributed by atoms with van der Waals surface area (Å²) in [5.74, 6) is 0. The van der Waals surface area contributed by atoms with E-state index in [0.29, 0.717) is 0 Å². The van der Waals surface area contributed by atoms with Crippen molar-refractivity contribution in [2.24, 2.45) is 0 Å². The Hall–Kier alpha value is -0.120. The van der Waals surface area contributed by atoms with Crippen molar-refractivity contribution in [1.82, 2.24) is 5.32 Å². The third-order valence-corrected chi connectivity index (χ3v) is 2.40. The molecule has 0 unspecified atom stereocenters. The second-order valence-electron chi connectivity index (χ2n) is 3.18. The Kier molecular flexibility index (Phi) is 1.44. The Bertz CT molecular complexity index is 128. The van der Waals surface area contributed by atoms with Crippen molar-refractivity contribution < 1.29 is 9.84 Å². The number of epoxide rings is 1. The van der Waals surface area contributed by atoms with Crippen molar-refractivity contribution in [2.75, 3.05) is 19.7 Å². The summed E-state index contributed by atoms with van der Waals surface area (Å²) < 4.78 is 5.07. The molecule has 3 nitrogen and oxygen atoms in total. The lowest BCUT2D eigenvalue weighted by Crippen LogP contribution is -2.45. The molecule has 2 fully saturated rings.